The van der Waals surface area contributed by atoms with Crippen molar-refractivity contribution in [3.63, 3.8) is 0 Å². The molecule has 0 radical (unpaired) electrons. The number of amidine groups is 1. The van der Waals surface area contributed by atoms with Gasteiger partial charge in [-0.05, 0) is 42.5 Å². The van der Waals surface area contributed by atoms with Crippen LogP contribution in [0.5, 0.6) is 5.75 Å². The Bertz CT molecular complexity index is 705. The van der Waals surface area contributed by atoms with E-state index >= 15 is 0 Å². The number of benzene rings is 1. The van der Waals surface area contributed by atoms with Crippen molar-refractivity contribution in [1.82, 2.24) is 4.90 Å². The highest BCUT2D eigenvalue weighted by Crippen LogP contribution is 2.43. The summed E-state index contributed by atoms with van der Waals surface area (Å²) < 4.78 is 0. The summed E-state index contributed by atoms with van der Waals surface area (Å²) >= 11 is 0. The van der Waals surface area contributed by atoms with Gasteiger partial charge in [0.15, 0.2) is 0 Å². The molecule has 3 aliphatic rings. The maximum atomic E-state index is 12.8. The van der Waals surface area contributed by atoms with Gasteiger partial charge in [-0.1, -0.05) is 19.1 Å². The van der Waals surface area contributed by atoms with Gasteiger partial charge in [-0.15, -0.1) is 0 Å². The largest absolute Gasteiger partial charge is 0.508 e. The Morgan fingerprint density at radius 2 is 2.14 bits per heavy atom. The van der Waals surface area contributed by atoms with Gasteiger partial charge in [0.05, 0.1) is 12.0 Å². The number of allylic oxidation sites excluding steroid dienone is 1. The van der Waals surface area contributed by atoms with Gasteiger partial charge in [0.1, 0.15) is 11.6 Å². The van der Waals surface area contributed by atoms with Gasteiger partial charge in [0.25, 0.3) is 0 Å². The molecule has 1 N–H and O–H groups in total. The van der Waals surface area contributed by atoms with Gasteiger partial charge >= 0.3 is 0 Å². The lowest BCUT2D eigenvalue weighted by atomic mass is 9.83. The molecule has 1 fully saturated rings. The normalized spacial score (nSPS) is 30.3. The third-order valence-electron chi connectivity index (χ3n) is 4.94. The molecule has 3 atom stereocenters. The molecule has 4 heteroatoms. The number of amides is 1. The third kappa shape index (κ3) is 1.68. The molecule has 21 heavy (non-hydrogen) atoms. The molecule has 2 aliphatic heterocycles. The molecule has 4 nitrogen and oxygen atoms in total. The average molecular weight is 282 g/mol. The zero-order valence-corrected chi connectivity index (χ0v) is 12.2. The smallest absolute Gasteiger partial charge is 0.240 e. The second kappa shape index (κ2) is 4.20. The van der Waals surface area contributed by atoms with Gasteiger partial charge in [-0.3, -0.25) is 14.7 Å². The second-order valence-corrected chi connectivity index (χ2v) is 6.30. The Labute approximate surface area is 123 Å². The number of hydrogen-bond donors (Lipinski definition) is 1. The van der Waals surface area contributed by atoms with E-state index in [9.17, 15) is 9.90 Å². The van der Waals surface area contributed by atoms with Crippen molar-refractivity contribution in [2.24, 2.45) is 10.9 Å². The number of carbonyl (C=O) groups excluding carboxylic acids is 1. The van der Waals surface area contributed by atoms with Crippen molar-refractivity contribution in [3.8, 4) is 5.75 Å². The fourth-order valence-electron chi connectivity index (χ4n) is 3.53. The molecule has 2 heterocycles. The summed E-state index contributed by atoms with van der Waals surface area (Å²) in [5, 5.41) is 9.76. The number of nitrogens with zero attached hydrogens (tertiary/aromatic N) is 2. The van der Waals surface area contributed by atoms with Crippen LogP contribution in [0.25, 0.3) is 0 Å². The van der Waals surface area contributed by atoms with Crippen LogP contribution in [0.3, 0.4) is 0 Å². The highest BCUT2D eigenvalue weighted by Gasteiger charge is 2.46. The topological polar surface area (TPSA) is 52.9 Å². The van der Waals surface area contributed by atoms with Gasteiger partial charge in [-0.2, -0.15) is 0 Å². The van der Waals surface area contributed by atoms with Crippen LogP contribution in [0.1, 0.15) is 30.9 Å². The SMILES string of the molecule is CC1N=C2C3=CCc4ccc(O)cc4C3C(=O)N2C[C@@H]1C. The van der Waals surface area contributed by atoms with E-state index in [0.29, 0.717) is 5.92 Å². The fourth-order valence-corrected chi connectivity index (χ4v) is 3.53. The lowest BCUT2D eigenvalue weighted by Crippen LogP contribution is -2.41. The minimum atomic E-state index is -0.280. The summed E-state index contributed by atoms with van der Waals surface area (Å²) in [6.07, 6.45) is 2.93. The first-order valence-electron chi connectivity index (χ1n) is 7.47. The highest BCUT2D eigenvalue weighted by atomic mass is 16.3. The molecule has 1 aromatic rings. The maximum absolute atomic E-state index is 12.8. The molecule has 2 unspecified atom stereocenters. The van der Waals surface area contributed by atoms with E-state index < -0.39 is 0 Å². The van der Waals surface area contributed by atoms with Crippen LogP contribution in [-0.2, 0) is 11.2 Å². The predicted octanol–water partition coefficient (Wildman–Crippen LogP) is 2.24. The second-order valence-electron chi connectivity index (χ2n) is 6.30. The Morgan fingerprint density at radius 3 is 2.95 bits per heavy atom. The molecular weight excluding hydrogens is 264 g/mol. The lowest BCUT2D eigenvalue weighted by Gasteiger charge is -2.30. The van der Waals surface area contributed by atoms with E-state index in [0.717, 1.165) is 35.5 Å². The number of rotatable bonds is 0. The number of phenols is 1. The molecular formula is C17H18N2O2. The number of aromatic hydroxyl groups is 1. The Hall–Kier alpha value is -2.10. The van der Waals surface area contributed by atoms with Crippen LogP contribution in [0.2, 0.25) is 0 Å². The van der Waals surface area contributed by atoms with Gasteiger partial charge in [-0.25, -0.2) is 0 Å². The van der Waals surface area contributed by atoms with Crippen LogP contribution in [-0.4, -0.2) is 34.3 Å². The minimum Gasteiger partial charge on any atom is -0.508 e. The van der Waals surface area contributed by atoms with E-state index in [1.165, 1.54) is 0 Å². The van der Waals surface area contributed by atoms with Crippen LogP contribution in [0.15, 0.2) is 34.8 Å². The molecule has 4 rings (SSSR count). The monoisotopic (exact) mass is 282 g/mol. The zero-order chi connectivity index (χ0) is 14.7. The first-order chi connectivity index (χ1) is 10.1. The lowest BCUT2D eigenvalue weighted by molar-refractivity contribution is -0.127. The van der Waals surface area contributed by atoms with Crippen molar-refractivity contribution < 1.29 is 9.90 Å². The highest BCUT2D eigenvalue weighted by molar-refractivity contribution is 6.20. The van der Waals surface area contributed by atoms with E-state index in [1.54, 1.807) is 12.1 Å². The van der Waals surface area contributed by atoms with Crippen LogP contribution >= 0.6 is 0 Å². The van der Waals surface area contributed by atoms with Crippen LogP contribution in [0.4, 0.5) is 0 Å². The van der Waals surface area contributed by atoms with Gasteiger partial charge in [0.2, 0.25) is 5.91 Å². The molecule has 1 saturated heterocycles. The molecule has 0 bridgehead atoms. The predicted molar refractivity (Wildman–Crippen MR) is 80.4 cm³/mol. The first kappa shape index (κ1) is 12.6. The summed E-state index contributed by atoms with van der Waals surface area (Å²) in [6, 6.07) is 5.58. The first-order valence-corrected chi connectivity index (χ1v) is 7.47. The molecule has 1 amide bonds. The summed E-state index contributed by atoms with van der Waals surface area (Å²) in [5.41, 5.74) is 3.09. The summed E-state index contributed by atoms with van der Waals surface area (Å²) in [6.45, 7) is 4.98. The summed E-state index contributed by atoms with van der Waals surface area (Å²) in [7, 11) is 0. The number of carbonyl (C=O) groups is 1. The summed E-state index contributed by atoms with van der Waals surface area (Å²) in [5.74, 6) is 1.27. The van der Waals surface area contributed by atoms with Crippen molar-refractivity contribution in [3.05, 3.63) is 41.0 Å². The van der Waals surface area contributed by atoms with Gasteiger partial charge in [0, 0.05) is 12.1 Å². The number of phenolic OH excluding ortho intramolecular Hbond substituents is 1. The average Bonchev–Trinajstić information content (AvgIpc) is 2.73. The Morgan fingerprint density at radius 1 is 1.33 bits per heavy atom. The summed E-state index contributed by atoms with van der Waals surface area (Å²) in [4.78, 5) is 19.4. The molecule has 0 spiro atoms. The molecule has 0 aromatic heterocycles. The zero-order valence-electron chi connectivity index (χ0n) is 12.2. The molecule has 0 saturated carbocycles. The van der Waals surface area contributed by atoms with Crippen molar-refractivity contribution >= 4 is 11.7 Å². The molecule has 1 aromatic carbocycles. The fraction of sp³-hybridized carbons (Fsp3) is 0.412. The molecule has 1 aliphatic carbocycles. The minimum absolute atomic E-state index is 0.102. The standard InChI is InChI=1S/C17H18N2O2/c1-9-8-19-16(18-10(9)2)13-6-4-11-3-5-12(20)7-14(11)15(13)17(19)21/h3,5-7,9-10,15,20H,4,8H2,1-2H3/t9-,10?,15?/m0/s1. The third-order valence-corrected chi connectivity index (χ3v) is 4.94. The van der Waals surface area contributed by atoms with E-state index in [1.807, 2.05) is 11.0 Å². The van der Waals surface area contributed by atoms with E-state index in [2.05, 4.69) is 19.9 Å². The van der Waals surface area contributed by atoms with E-state index in [4.69, 9.17) is 4.99 Å². The van der Waals surface area contributed by atoms with Crippen molar-refractivity contribution in [1.29, 1.82) is 0 Å². The van der Waals surface area contributed by atoms with Crippen LogP contribution in [0, 0.1) is 5.92 Å². The van der Waals surface area contributed by atoms with Crippen molar-refractivity contribution in [2.45, 2.75) is 32.2 Å². The quantitative estimate of drug-likeness (QED) is 0.793. The Balaban J connectivity index is 1.86. The van der Waals surface area contributed by atoms with Crippen LogP contribution < -0.4 is 0 Å². The van der Waals surface area contributed by atoms with Crippen molar-refractivity contribution in [2.75, 3.05) is 6.54 Å². The number of aliphatic imine (C=N–C) groups is 1. The van der Waals surface area contributed by atoms with E-state index in [-0.39, 0.29) is 23.6 Å². The number of fused-ring (bicyclic) bond motifs is 5. The Kier molecular flexibility index (Phi) is 2.52. The maximum Gasteiger partial charge on any atom is 0.240 e. The molecule has 108 valence electrons. The van der Waals surface area contributed by atoms with Gasteiger partial charge < -0.3 is 5.11 Å². The number of hydrogen-bond acceptors (Lipinski definition) is 3.